The summed E-state index contributed by atoms with van der Waals surface area (Å²) < 4.78 is 7.97. The SMILES string of the molecule is CCOC1CC(NC(=NC)N2CCC(Cc3cnn(C)c3)C2)C12CCCC2. The summed E-state index contributed by atoms with van der Waals surface area (Å²) in [6.45, 7) is 5.13. The number of nitrogens with one attached hydrogen (secondary N) is 1. The number of ether oxygens (including phenoxy) is 1. The molecule has 0 amide bonds. The van der Waals surface area contributed by atoms with Gasteiger partial charge in [-0.2, -0.15) is 5.10 Å². The molecule has 1 aromatic rings. The van der Waals surface area contributed by atoms with Gasteiger partial charge in [-0.25, -0.2) is 0 Å². The van der Waals surface area contributed by atoms with Crippen LogP contribution >= 0.6 is 0 Å². The zero-order chi connectivity index (χ0) is 18.9. The van der Waals surface area contributed by atoms with Crippen molar-refractivity contribution < 1.29 is 4.74 Å². The number of nitrogens with zero attached hydrogens (tertiary/aromatic N) is 4. The number of aliphatic imine (C=N–C) groups is 1. The van der Waals surface area contributed by atoms with Crippen LogP contribution in [0.4, 0.5) is 0 Å². The average molecular weight is 374 g/mol. The summed E-state index contributed by atoms with van der Waals surface area (Å²) in [7, 11) is 3.92. The van der Waals surface area contributed by atoms with Gasteiger partial charge in [-0.15, -0.1) is 0 Å². The average Bonchev–Trinajstić information content (AvgIpc) is 3.40. The maximum atomic E-state index is 6.07. The van der Waals surface area contributed by atoms with E-state index in [4.69, 9.17) is 4.74 Å². The van der Waals surface area contributed by atoms with Crippen molar-refractivity contribution in [3.63, 3.8) is 0 Å². The molecule has 3 atom stereocenters. The fourth-order valence-corrected chi connectivity index (χ4v) is 5.64. The van der Waals surface area contributed by atoms with Gasteiger partial charge in [-0.05, 0) is 50.5 Å². The quantitative estimate of drug-likeness (QED) is 0.637. The summed E-state index contributed by atoms with van der Waals surface area (Å²) in [5.74, 6) is 1.78. The van der Waals surface area contributed by atoms with Crippen molar-refractivity contribution in [1.82, 2.24) is 20.0 Å². The van der Waals surface area contributed by atoms with Crippen LogP contribution in [0.1, 0.15) is 51.0 Å². The number of aryl methyl sites for hydroxylation is 1. The van der Waals surface area contributed by atoms with Crippen molar-refractivity contribution in [3.8, 4) is 0 Å². The molecule has 1 saturated heterocycles. The fraction of sp³-hybridized carbons (Fsp3) is 0.810. The van der Waals surface area contributed by atoms with E-state index in [2.05, 4.69) is 33.4 Å². The minimum atomic E-state index is 0.348. The molecule has 6 nitrogen and oxygen atoms in total. The van der Waals surface area contributed by atoms with Crippen LogP contribution in [0.3, 0.4) is 0 Å². The van der Waals surface area contributed by atoms with E-state index in [-0.39, 0.29) is 0 Å². The van der Waals surface area contributed by atoms with E-state index in [1.54, 1.807) is 0 Å². The zero-order valence-corrected chi connectivity index (χ0v) is 17.2. The number of aromatic nitrogens is 2. The van der Waals surface area contributed by atoms with E-state index in [0.29, 0.717) is 23.5 Å². The highest BCUT2D eigenvalue weighted by Crippen LogP contribution is 2.54. The molecule has 2 aliphatic carbocycles. The van der Waals surface area contributed by atoms with Crippen molar-refractivity contribution in [2.24, 2.45) is 23.4 Å². The minimum absolute atomic E-state index is 0.348. The second-order valence-electron chi connectivity index (χ2n) is 8.69. The Labute approximate surface area is 163 Å². The standard InChI is InChI=1S/C21H35N5O/c1-4-27-19-12-18(21(19)8-5-6-9-21)24-20(22-2)26-10-7-16(15-26)11-17-13-23-25(3)14-17/h13-14,16,18-19H,4-12,15H2,1-3H3,(H,22,24). The van der Waals surface area contributed by atoms with E-state index in [1.807, 2.05) is 25.0 Å². The molecule has 3 aliphatic rings. The molecule has 4 rings (SSSR count). The lowest BCUT2D eigenvalue weighted by atomic mass is 9.60. The Balaban J connectivity index is 1.34. The molecular weight excluding hydrogens is 338 g/mol. The first-order valence-corrected chi connectivity index (χ1v) is 10.7. The Kier molecular flexibility index (Phi) is 5.44. The highest BCUT2D eigenvalue weighted by molar-refractivity contribution is 5.80. The Morgan fingerprint density at radius 1 is 1.41 bits per heavy atom. The summed E-state index contributed by atoms with van der Waals surface area (Å²) in [5.41, 5.74) is 1.69. The first kappa shape index (κ1) is 18.8. The second-order valence-corrected chi connectivity index (χ2v) is 8.69. The summed E-state index contributed by atoms with van der Waals surface area (Å²) >= 11 is 0. The Morgan fingerprint density at radius 3 is 2.89 bits per heavy atom. The normalized spacial score (nSPS) is 30.1. The summed E-state index contributed by atoms with van der Waals surface area (Å²) in [5, 5.41) is 8.14. The molecule has 6 heteroatoms. The molecule has 0 aromatic carbocycles. The van der Waals surface area contributed by atoms with Gasteiger partial charge in [0, 0.05) is 51.4 Å². The van der Waals surface area contributed by atoms with E-state index < -0.39 is 0 Å². The van der Waals surface area contributed by atoms with Crippen LogP contribution in [0.2, 0.25) is 0 Å². The molecule has 1 spiro atoms. The fourth-order valence-electron chi connectivity index (χ4n) is 5.64. The third-order valence-electron chi connectivity index (χ3n) is 7.07. The third-order valence-corrected chi connectivity index (χ3v) is 7.07. The maximum Gasteiger partial charge on any atom is 0.193 e. The van der Waals surface area contributed by atoms with Crippen molar-refractivity contribution >= 4 is 5.96 Å². The first-order chi connectivity index (χ1) is 13.1. The third kappa shape index (κ3) is 3.60. The van der Waals surface area contributed by atoms with Gasteiger partial charge in [0.2, 0.25) is 0 Å². The molecule has 150 valence electrons. The molecule has 3 fully saturated rings. The van der Waals surface area contributed by atoms with Gasteiger partial charge in [0.25, 0.3) is 0 Å². The van der Waals surface area contributed by atoms with Crippen molar-refractivity contribution in [3.05, 3.63) is 18.0 Å². The van der Waals surface area contributed by atoms with Crippen LogP contribution in [-0.4, -0.2) is 59.5 Å². The van der Waals surface area contributed by atoms with Crippen molar-refractivity contribution in [2.45, 2.75) is 64.0 Å². The van der Waals surface area contributed by atoms with Crippen LogP contribution in [-0.2, 0) is 18.2 Å². The number of guanidine groups is 1. The van der Waals surface area contributed by atoms with Crippen LogP contribution < -0.4 is 5.32 Å². The van der Waals surface area contributed by atoms with Gasteiger partial charge in [0.1, 0.15) is 0 Å². The maximum absolute atomic E-state index is 6.07. The molecule has 2 saturated carbocycles. The van der Waals surface area contributed by atoms with Crippen LogP contribution in [0.15, 0.2) is 17.4 Å². The first-order valence-electron chi connectivity index (χ1n) is 10.7. The highest BCUT2D eigenvalue weighted by atomic mass is 16.5. The smallest absolute Gasteiger partial charge is 0.193 e. The van der Waals surface area contributed by atoms with E-state index in [0.717, 1.165) is 38.5 Å². The molecule has 1 aliphatic heterocycles. The topological polar surface area (TPSA) is 54.7 Å². The van der Waals surface area contributed by atoms with Gasteiger partial charge in [0.05, 0.1) is 12.3 Å². The predicted octanol–water partition coefficient (Wildman–Crippen LogP) is 2.60. The van der Waals surface area contributed by atoms with Gasteiger partial charge in [-0.1, -0.05) is 12.8 Å². The molecule has 2 heterocycles. The number of likely N-dealkylation sites (tertiary alicyclic amines) is 1. The van der Waals surface area contributed by atoms with Crippen LogP contribution in [0.5, 0.6) is 0 Å². The van der Waals surface area contributed by atoms with E-state index >= 15 is 0 Å². The molecule has 1 aromatic heterocycles. The number of rotatable bonds is 5. The summed E-state index contributed by atoms with van der Waals surface area (Å²) in [6.07, 6.45) is 13.3. The molecule has 0 bridgehead atoms. The van der Waals surface area contributed by atoms with Crippen molar-refractivity contribution in [2.75, 3.05) is 26.7 Å². The van der Waals surface area contributed by atoms with E-state index in [9.17, 15) is 0 Å². The Morgan fingerprint density at radius 2 is 2.22 bits per heavy atom. The summed E-state index contributed by atoms with van der Waals surface area (Å²) in [6, 6.07) is 0.521. The lowest BCUT2D eigenvalue weighted by Crippen LogP contribution is -2.65. The predicted molar refractivity (Wildman–Crippen MR) is 108 cm³/mol. The molecule has 3 unspecified atom stereocenters. The molecule has 1 N–H and O–H groups in total. The van der Waals surface area contributed by atoms with Crippen LogP contribution in [0.25, 0.3) is 0 Å². The van der Waals surface area contributed by atoms with Crippen LogP contribution in [0, 0.1) is 11.3 Å². The largest absolute Gasteiger partial charge is 0.378 e. The van der Waals surface area contributed by atoms with Gasteiger partial charge < -0.3 is 15.0 Å². The Bertz CT molecular complexity index is 663. The lowest BCUT2D eigenvalue weighted by molar-refractivity contribution is -0.126. The number of hydrogen-bond acceptors (Lipinski definition) is 3. The Hall–Kier alpha value is -1.56. The zero-order valence-electron chi connectivity index (χ0n) is 17.2. The molecular formula is C21H35N5O. The lowest BCUT2D eigenvalue weighted by Gasteiger charge is -2.54. The molecule has 27 heavy (non-hydrogen) atoms. The number of hydrogen-bond donors (Lipinski definition) is 1. The van der Waals surface area contributed by atoms with Gasteiger partial charge in [0.15, 0.2) is 5.96 Å². The van der Waals surface area contributed by atoms with E-state index in [1.165, 1.54) is 37.7 Å². The second kappa shape index (κ2) is 7.82. The molecule has 0 radical (unpaired) electrons. The monoisotopic (exact) mass is 373 g/mol. The van der Waals surface area contributed by atoms with Gasteiger partial charge >= 0.3 is 0 Å². The van der Waals surface area contributed by atoms with Gasteiger partial charge in [-0.3, -0.25) is 9.67 Å². The summed E-state index contributed by atoms with van der Waals surface area (Å²) in [4.78, 5) is 7.09. The minimum Gasteiger partial charge on any atom is -0.378 e. The highest BCUT2D eigenvalue weighted by Gasteiger charge is 2.57. The van der Waals surface area contributed by atoms with Crippen molar-refractivity contribution in [1.29, 1.82) is 0 Å².